The number of terminal acetylenes is 1. The van der Waals surface area contributed by atoms with Gasteiger partial charge in [0.25, 0.3) is 0 Å². The molecule has 1 aromatic rings. The van der Waals surface area contributed by atoms with Gasteiger partial charge in [-0.25, -0.2) is 0 Å². The molecule has 0 heterocycles. The maximum absolute atomic E-state index is 5.95. The fraction of sp³-hybridized carbons (Fsp3) is 0.385. The minimum absolute atomic E-state index is 0.273. The van der Waals surface area contributed by atoms with Crippen LogP contribution in [0.15, 0.2) is 18.2 Å². The average Bonchev–Trinajstić information content (AvgIpc) is 2.21. The van der Waals surface area contributed by atoms with Crippen molar-refractivity contribution in [2.45, 2.75) is 26.2 Å². The van der Waals surface area contributed by atoms with Crippen molar-refractivity contribution in [3.63, 3.8) is 0 Å². The van der Waals surface area contributed by atoms with Crippen LogP contribution in [0.2, 0.25) is 5.02 Å². The van der Waals surface area contributed by atoms with E-state index in [-0.39, 0.29) is 5.92 Å². The van der Waals surface area contributed by atoms with Gasteiger partial charge in [-0.2, -0.15) is 0 Å². The molecule has 0 radical (unpaired) electrons. The van der Waals surface area contributed by atoms with Crippen LogP contribution in [0.5, 0.6) is 5.75 Å². The quantitative estimate of drug-likeness (QED) is 0.703. The van der Waals surface area contributed by atoms with E-state index >= 15 is 0 Å². The van der Waals surface area contributed by atoms with Gasteiger partial charge in [0.2, 0.25) is 0 Å². The van der Waals surface area contributed by atoms with E-state index in [1.54, 1.807) is 0 Å². The van der Waals surface area contributed by atoms with E-state index in [9.17, 15) is 0 Å². The first kappa shape index (κ1) is 11.9. The third-order valence-corrected chi connectivity index (χ3v) is 2.46. The number of hydrogen-bond acceptors (Lipinski definition) is 1. The number of rotatable bonds is 4. The van der Waals surface area contributed by atoms with Crippen molar-refractivity contribution in [2.75, 3.05) is 6.61 Å². The zero-order valence-corrected chi connectivity index (χ0v) is 9.84. The smallest absolute Gasteiger partial charge is 0.122 e. The Bertz CT molecular complexity index is 365. The lowest BCUT2D eigenvalue weighted by Gasteiger charge is -2.14. The first-order valence-electron chi connectivity index (χ1n) is 5.04. The Morgan fingerprint density at radius 2 is 2.27 bits per heavy atom. The zero-order valence-electron chi connectivity index (χ0n) is 9.09. The molecule has 1 nitrogen and oxygen atoms in total. The summed E-state index contributed by atoms with van der Waals surface area (Å²) < 4.78 is 5.53. The Morgan fingerprint density at radius 3 is 2.87 bits per heavy atom. The lowest BCUT2D eigenvalue weighted by Crippen LogP contribution is -2.00. The Hall–Kier alpha value is -1.13. The van der Waals surface area contributed by atoms with Crippen LogP contribution in [-0.4, -0.2) is 6.61 Å². The van der Waals surface area contributed by atoms with Crippen molar-refractivity contribution in [3.05, 3.63) is 28.8 Å². The zero-order chi connectivity index (χ0) is 11.3. The van der Waals surface area contributed by atoms with Gasteiger partial charge in [-0.15, -0.1) is 12.3 Å². The van der Waals surface area contributed by atoms with Crippen LogP contribution < -0.4 is 4.74 Å². The van der Waals surface area contributed by atoms with Crippen molar-refractivity contribution < 1.29 is 4.74 Å². The molecule has 0 aliphatic carbocycles. The van der Waals surface area contributed by atoms with Crippen LogP contribution in [0, 0.1) is 12.3 Å². The third-order valence-electron chi connectivity index (χ3n) is 2.23. The topological polar surface area (TPSA) is 9.23 Å². The molecule has 15 heavy (non-hydrogen) atoms. The largest absolute Gasteiger partial charge is 0.494 e. The molecule has 1 unspecified atom stereocenters. The molecule has 0 aliphatic heterocycles. The Balaban J connectivity index is 3.01. The van der Waals surface area contributed by atoms with Crippen molar-refractivity contribution in [2.24, 2.45) is 0 Å². The van der Waals surface area contributed by atoms with Gasteiger partial charge in [0.1, 0.15) is 5.75 Å². The standard InChI is InChI=1S/C13H15ClO/c1-4-6-10(3)12-9-11(14)7-8-13(12)15-5-2/h1,7-10H,5-6H2,2-3H3. The SMILES string of the molecule is C#CCC(C)c1cc(Cl)ccc1OCC. The predicted octanol–water partition coefficient (Wildman–Crippen LogP) is 3.87. The molecule has 0 bridgehead atoms. The second-order valence-electron chi connectivity index (χ2n) is 3.42. The number of benzene rings is 1. The van der Waals surface area contributed by atoms with E-state index in [4.69, 9.17) is 22.8 Å². The second kappa shape index (κ2) is 5.68. The molecule has 0 amide bonds. The number of halogens is 1. The molecule has 0 N–H and O–H groups in total. The summed E-state index contributed by atoms with van der Waals surface area (Å²) in [6.45, 7) is 4.69. The van der Waals surface area contributed by atoms with Crippen LogP contribution >= 0.6 is 11.6 Å². The summed E-state index contributed by atoms with van der Waals surface area (Å²) in [6, 6.07) is 5.65. The highest BCUT2D eigenvalue weighted by Gasteiger charge is 2.11. The number of hydrogen-bond donors (Lipinski definition) is 0. The lowest BCUT2D eigenvalue weighted by atomic mass is 9.97. The van der Waals surface area contributed by atoms with Crippen molar-refractivity contribution in [1.29, 1.82) is 0 Å². The van der Waals surface area contributed by atoms with Crippen molar-refractivity contribution in [1.82, 2.24) is 0 Å². The van der Waals surface area contributed by atoms with Crippen molar-refractivity contribution >= 4 is 11.6 Å². The summed E-state index contributed by atoms with van der Waals surface area (Å²) in [4.78, 5) is 0. The lowest BCUT2D eigenvalue weighted by molar-refractivity contribution is 0.334. The molecule has 0 saturated carbocycles. The molecule has 0 aliphatic rings. The maximum Gasteiger partial charge on any atom is 0.122 e. The van der Waals surface area contributed by atoms with Crippen LogP contribution in [-0.2, 0) is 0 Å². The van der Waals surface area contributed by atoms with E-state index in [2.05, 4.69) is 12.8 Å². The molecule has 1 aromatic carbocycles. The maximum atomic E-state index is 5.95. The number of ether oxygens (including phenoxy) is 1. The van der Waals surface area contributed by atoms with Gasteiger partial charge in [-0.05, 0) is 36.6 Å². The Morgan fingerprint density at radius 1 is 1.53 bits per heavy atom. The molecule has 0 aromatic heterocycles. The van der Waals surface area contributed by atoms with Gasteiger partial charge in [0.05, 0.1) is 6.61 Å². The molecular weight excluding hydrogens is 208 g/mol. The minimum Gasteiger partial charge on any atom is -0.494 e. The minimum atomic E-state index is 0.273. The molecule has 1 atom stereocenters. The molecule has 0 spiro atoms. The predicted molar refractivity (Wildman–Crippen MR) is 64.5 cm³/mol. The fourth-order valence-corrected chi connectivity index (χ4v) is 1.66. The molecular formula is C13H15ClO. The highest BCUT2D eigenvalue weighted by Crippen LogP contribution is 2.31. The Kier molecular flexibility index (Phi) is 4.52. The van der Waals surface area contributed by atoms with Gasteiger partial charge in [-0.3, -0.25) is 0 Å². The Labute approximate surface area is 96.4 Å². The van der Waals surface area contributed by atoms with Gasteiger partial charge in [0.15, 0.2) is 0 Å². The summed E-state index contributed by atoms with van der Waals surface area (Å²) in [5.41, 5.74) is 1.09. The van der Waals surface area contributed by atoms with Gasteiger partial charge in [-0.1, -0.05) is 18.5 Å². The summed E-state index contributed by atoms with van der Waals surface area (Å²) >= 11 is 5.95. The normalized spacial score (nSPS) is 11.9. The van der Waals surface area contributed by atoms with E-state index in [0.717, 1.165) is 16.3 Å². The summed E-state index contributed by atoms with van der Waals surface area (Å²) in [5.74, 6) is 3.81. The monoisotopic (exact) mass is 222 g/mol. The second-order valence-corrected chi connectivity index (χ2v) is 3.86. The summed E-state index contributed by atoms with van der Waals surface area (Å²) in [7, 11) is 0. The first-order chi connectivity index (χ1) is 7.19. The van der Waals surface area contributed by atoms with Crippen LogP contribution in [0.3, 0.4) is 0 Å². The van der Waals surface area contributed by atoms with Crippen LogP contribution in [0.25, 0.3) is 0 Å². The third kappa shape index (κ3) is 3.18. The summed E-state index contributed by atoms with van der Waals surface area (Å²) in [6.07, 6.45) is 6.00. The van der Waals surface area contributed by atoms with E-state index in [0.29, 0.717) is 13.0 Å². The van der Waals surface area contributed by atoms with E-state index in [1.807, 2.05) is 25.1 Å². The van der Waals surface area contributed by atoms with E-state index in [1.165, 1.54) is 0 Å². The first-order valence-corrected chi connectivity index (χ1v) is 5.42. The summed E-state index contributed by atoms with van der Waals surface area (Å²) in [5, 5.41) is 0.720. The van der Waals surface area contributed by atoms with E-state index < -0.39 is 0 Å². The molecule has 80 valence electrons. The van der Waals surface area contributed by atoms with Crippen LogP contribution in [0.1, 0.15) is 31.7 Å². The fourth-order valence-electron chi connectivity index (χ4n) is 1.48. The average molecular weight is 223 g/mol. The van der Waals surface area contributed by atoms with Gasteiger partial charge >= 0.3 is 0 Å². The molecule has 0 fully saturated rings. The van der Waals surface area contributed by atoms with Crippen molar-refractivity contribution in [3.8, 4) is 18.1 Å². The highest BCUT2D eigenvalue weighted by molar-refractivity contribution is 6.30. The van der Waals surface area contributed by atoms with Crippen LogP contribution in [0.4, 0.5) is 0 Å². The highest BCUT2D eigenvalue weighted by atomic mass is 35.5. The molecule has 1 rings (SSSR count). The van der Waals surface area contributed by atoms with Gasteiger partial charge < -0.3 is 4.74 Å². The molecule has 0 saturated heterocycles. The molecule has 2 heteroatoms. The van der Waals surface area contributed by atoms with Gasteiger partial charge in [0, 0.05) is 11.4 Å².